The molecule has 112 valence electrons. The maximum Gasteiger partial charge on any atom is 0.0331 e. The fourth-order valence-corrected chi connectivity index (χ4v) is 3.83. The van der Waals surface area contributed by atoms with Gasteiger partial charge in [0.25, 0.3) is 0 Å². The molecule has 1 aromatic carbocycles. The van der Waals surface area contributed by atoms with E-state index < -0.39 is 0 Å². The zero-order chi connectivity index (χ0) is 14.7. The molecule has 0 bridgehead atoms. The molecule has 0 amide bonds. The standard InChI is InChI=1S/C18H24N2S/c1-14(2)19-11-17-7-8-18(21-17)13-20-10-9-15-5-3-4-6-16(15)12-20/h3-8,14,19H,9-13H2,1-2H3. The van der Waals surface area contributed by atoms with Crippen LogP contribution in [0.4, 0.5) is 0 Å². The van der Waals surface area contributed by atoms with E-state index in [0.29, 0.717) is 6.04 Å². The average Bonchev–Trinajstić information content (AvgIpc) is 2.92. The first-order chi connectivity index (χ1) is 10.2. The monoisotopic (exact) mass is 300 g/mol. The summed E-state index contributed by atoms with van der Waals surface area (Å²) >= 11 is 1.95. The van der Waals surface area contributed by atoms with E-state index in [0.717, 1.165) is 19.6 Å². The van der Waals surface area contributed by atoms with Crippen LogP contribution in [-0.2, 0) is 26.1 Å². The van der Waals surface area contributed by atoms with Gasteiger partial charge in [-0.2, -0.15) is 0 Å². The van der Waals surface area contributed by atoms with E-state index in [9.17, 15) is 0 Å². The summed E-state index contributed by atoms with van der Waals surface area (Å²) in [6.07, 6.45) is 1.18. The Morgan fingerprint density at radius 2 is 1.86 bits per heavy atom. The Bertz CT molecular complexity index is 588. The van der Waals surface area contributed by atoms with Crippen molar-refractivity contribution in [1.82, 2.24) is 10.2 Å². The Balaban J connectivity index is 1.58. The fourth-order valence-electron chi connectivity index (χ4n) is 2.82. The highest BCUT2D eigenvalue weighted by Gasteiger charge is 2.16. The van der Waals surface area contributed by atoms with E-state index >= 15 is 0 Å². The maximum absolute atomic E-state index is 3.49. The summed E-state index contributed by atoms with van der Waals surface area (Å²) in [7, 11) is 0. The van der Waals surface area contributed by atoms with E-state index in [2.05, 4.69) is 60.5 Å². The third-order valence-electron chi connectivity index (χ3n) is 3.99. The Morgan fingerprint density at radius 3 is 2.67 bits per heavy atom. The molecule has 0 saturated heterocycles. The lowest BCUT2D eigenvalue weighted by molar-refractivity contribution is 0.248. The molecular formula is C18H24N2S. The second-order valence-electron chi connectivity index (χ2n) is 6.13. The van der Waals surface area contributed by atoms with E-state index in [1.165, 1.54) is 33.8 Å². The van der Waals surface area contributed by atoms with Crippen LogP contribution in [0.1, 0.15) is 34.7 Å². The zero-order valence-corrected chi connectivity index (χ0v) is 13.7. The first-order valence-electron chi connectivity index (χ1n) is 7.81. The molecule has 3 heteroatoms. The van der Waals surface area contributed by atoms with Crippen molar-refractivity contribution in [3.8, 4) is 0 Å². The van der Waals surface area contributed by atoms with Crippen molar-refractivity contribution in [1.29, 1.82) is 0 Å². The van der Waals surface area contributed by atoms with Gasteiger partial charge in [-0.1, -0.05) is 38.1 Å². The normalized spacial score (nSPS) is 15.4. The quantitative estimate of drug-likeness (QED) is 0.903. The minimum atomic E-state index is 0.550. The summed E-state index contributed by atoms with van der Waals surface area (Å²) in [6.45, 7) is 8.73. The van der Waals surface area contributed by atoms with Crippen LogP contribution in [0.5, 0.6) is 0 Å². The molecule has 1 N–H and O–H groups in total. The molecule has 0 aliphatic carbocycles. The van der Waals surface area contributed by atoms with Crippen LogP contribution in [-0.4, -0.2) is 17.5 Å². The topological polar surface area (TPSA) is 15.3 Å². The Morgan fingerprint density at radius 1 is 1.10 bits per heavy atom. The highest BCUT2D eigenvalue weighted by atomic mass is 32.1. The molecule has 0 radical (unpaired) electrons. The summed E-state index contributed by atoms with van der Waals surface area (Å²) in [5, 5.41) is 3.49. The van der Waals surface area contributed by atoms with Crippen LogP contribution in [0, 0.1) is 0 Å². The molecule has 0 fully saturated rings. The summed E-state index contributed by atoms with van der Waals surface area (Å²) in [5.41, 5.74) is 3.03. The van der Waals surface area contributed by atoms with E-state index in [1.807, 2.05) is 11.3 Å². The molecule has 1 aliphatic rings. The second kappa shape index (κ2) is 6.73. The molecule has 0 spiro atoms. The highest BCUT2D eigenvalue weighted by Crippen LogP contribution is 2.23. The van der Waals surface area contributed by atoms with Crippen molar-refractivity contribution in [3.63, 3.8) is 0 Å². The molecule has 0 atom stereocenters. The fraction of sp³-hybridized carbons (Fsp3) is 0.444. The Labute approximate surface area is 131 Å². The number of hydrogen-bond donors (Lipinski definition) is 1. The number of fused-ring (bicyclic) bond motifs is 1. The number of nitrogens with zero attached hydrogens (tertiary/aromatic N) is 1. The van der Waals surface area contributed by atoms with Crippen LogP contribution in [0.3, 0.4) is 0 Å². The number of hydrogen-bond acceptors (Lipinski definition) is 3. The van der Waals surface area contributed by atoms with E-state index in [4.69, 9.17) is 0 Å². The number of rotatable bonds is 5. The predicted octanol–water partition coefficient (Wildman–Crippen LogP) is 3.80. The molecule has 1 aromatic heterocycles. The second-order valence-corrected chi connectivity index (χ2v) is 7.39. The molecule has 2 heterocycles. The van der Waals surface area contributed by atoms with E-state index in [-0.39, 0.29) is 0 Å². The van der Waals surface area contributed by atoms with Crippen molar-refractivity contribution < 1.29 is 0 Å². The Kier molecular flexibility index (Phi) is 4.73. The van der Waals surface area contributed by atoms with Gasteiger partial charge in [-0.15, -0.1) is 11.3 Å². The minimum Gasteiger partial charge on any atom is -0.310 e. The van der Waals surface area contributed by atoms with Crippen LogP contribution < -0.4 is 5.32 Å². The lowest BCUT2D eigenvalue weighted by Crippen LogP contribution is -2.29. The van der Waals surface area contributed by atoms with Crippen LogP contribution in [0.25, 0.3) is 0 Å². The van der Waals surface area contributed by atoms with Gasteiger partial charge in [0.2, 0.25) is 0 Å². The molecular weight excluding hydrogens is 276 g/mol. The molecule has 0 saturated carbocycles. The van der Waals surface area contributed by atoms with Crippen molar-refractivity contribution in [2.24, 2.45) is 0 Å². The smallest absolute Gasteiger partial charge is 0.0331 e. The summed E-state index contributed by atoms with van der Waals surface area (Å²) in [5.74, 6) is 0. The van der Waals surface area contributed by atoms with Gasteiger partial charge in [-0.3, -0.25) is 4.90 Å². The van der Waals surface area contributed by atoms with Gasteiger partial charge in [0.05, 0.1) is 0 Å². The van der Waals surface area contributed by atoms with Gasteiger partial charge in [0.1, 0.15) is 0 Å². The summed E-state index contributed by atoms with van der Waals surface area (Å²) in [6, 6.07) is 14.0. The van der Waals surface area contributed by atoms with Gasteiger partial charge in [-0.25, -0.2) is 0 Å². The van der Waals surface area contributed by atoms with Crippen molar-refractivity contribution in [3.05, 3.63) is 57.3 Å². The van der Waals surface area contributed by atoms with Crippen LogP contribution in [0.15, 0.2) is 36.4 Å². The summed E-state index contributed by atoms with van der Waals surface area (Å²) in [4.78, 5) is 5.49. The molecule has 21 heavy (non-hydrogen) atoms. The molecule has 2 nitrogen and oxygen atoms in total. The minimum absolute atomic E-state index is 0.550. The van der Waals surface area contributed by atoms with Gasteiger partial charge in [0.15, 0.2) is 0 Å². The van der Waals surface area contributed by atoms with Gasteiger partial charge >= 0.3 is 0 Å². The Hall–Kier alpha value is -1.16. The lowest BCUT2D eigenvalue weighted by Gasteiger charge is -2.28. The van der Waals surface area contributed by atoms with E-state index in [1.54, 1.807) is 0 Å². The summed E-state index contributed by atoms with van der Waals surface area (Å²) < 4.78 is 0. The van der Waals surface area contributed by atoms with Gasteiger partial charge in [0, 0.05) is 42.0 Å². The average molecular weight is 300 g/mol. The number of nitrogens with one attached hydrogen (secondary N) is 1. The number of benzene rings is 1. The van der Waals surface area contributed by atoms with Crippen molar-refractivity contribution in [2.45, 2.75) is 45.9 Å². The first-order valence-corrected chi connectivity index (χ1v) is 8.62. The predicted molar refractivity (Wildman–Crippen MR) is 90.6 cm³/mol. The van der Waals surface area contributed by atoms with Gasteiger partial charge < -0.3 is 5.32 Å². The maximum atomic E-state index is 3.49. The van der Waals surface area contributed by atoms with Crippen LogP contribution in [0.2, 0.25) is 0 Å². The number of thiophene rings is 1. The molecule has 1 aliphatic heterocycles. The third-order valence-corrected chi connectivity index (χ3v) is 5.06. The van der Waals surface area contributed by atoms with Crippen molar-refractivity contribution >= 4 is 11.3 Å². The third kappa shape index (κ3) is 3.94. The zero-order valence-electron chi connectivity index (χ0n) is 12.9. The molecule has 2 aromatic rings. The highest BCUT2D eigenvalue weighted by molar-refractivity contribution is 7.11. The molecule has 3 rings (SSSR count). The van der Waals surface area contributed by atoms with Gasteiger partial charge in [-0.05, 0) is 29.7 Å². The largest absolute Gasteiger partial charge is 0.310 e. The molecule has 0 unspecified atom stereocenters. The lowest BCUT2D eigenvalue weighted by atomic mass is 10.00. The van der Waals surface area contributed by atoms with Crippen molar-refractivity contribution in [2.75, 3.05) is 6.54 Å². The first kappa shape index (κ1) is 14.8. The van der Waals surface area contributed by atoms with Crippen LogP contribution >= 0.6 is 11.3 Å². The SMILES string of the molecule is CC(C)NCc1ccc(CN2CCc3ccccc3C2)s1.